The molecule has 0 saturated heterocycles. The van der Waals surface area contributed by atoms with Gasteiger partial charge in [0.2, 0.25) is 0 Å². The third-order valence-electron chi connectivity index (χ3n) is 2.14. The SMILES string of the molecule is CCCN(C)CCOc1cccc(Br)c1. The van der Waals surface area contributed by atoms with Gasteiger partial charge in [0.15, 0.2) is 0 Å². The Hall–Kier alpha value is -0.540. The standard InChI is InChI=1S/C12H18BrNO/c1-3-7-14(2)8-9-15-12-6-4-5-11(13)10-12/h4-6,10H,3,7-9H2,1-2H3. The van der Waals surface area contributed by atoms with Crippen LogP contribution in [0.3, 0.4) is 0 Å². The van der Waals surface area contributed by atoms with E-state index in [2.05, 4.69) is 34.8 Å². The Balaban J connectivity index is 2.25. The van der Waals surface area contributed by atoms with Crippen LogP contribution in [-0.4, -0.2) is 31.6 Å². The van der Waals surface area contributed by atoms with Crippen molar-refractivity contribution in [1.29, 1.82) is 0 Å². The average molecular weight is 272 g/mol. The summed E-state index contributed by atoms with van der Waals surface area (Å²) in [6, 6.07) is 7.94. The summed E-state index contributed by atoms with van der Waals surface area (Å²) in [6.45, 7) is 5.03. The second kappa shape index (κ2) is 6.85. The first-order valence-corrected chi connectivity index (χ1v) is 6.08. The quantitative estimate of drug-likeness (QED) is 0.788. The van der Waals surface area contributed by atoms with Gasteiger partial charge in [0.1, 0.15) is 12.4 Å². The topological polar surface area (TPSA) is 12.5 Å². The fraction of sp³-hybridized carbons (Fsp3) is 0.500. The highest BCUT2D eigenvalue weighted by Crippen LogP contribution is 2.17. The molecule has 0 fully saturated rings. The van der Waals surface area contributed by atoms with Crippen molar-refractivity contribution in [1.82, 2.24) is 4.90 Å². The molecule has 0 atom stereocenters. The normalized spacial score (nSPS) is 10.7. The summed E-state index contributed by atoms with van der Waals surface area (Å²) in [4.78, 5) is 2.28. The van der Waals surface area contributed by atoms with E-state index >= 15 is 0 Å². The number of hydrogen-bond donors (Lipinski definition) is 0. The van der Waals surface area contributed by atoms with Crippen LogP contribution in [0, 0.1) is 0 Å². The van der Waals surface area contributed by atoms with E-state index in [0.29, 0.717) is 0 Å². The van der Waals surface area contributed by atoms with E-state index in [1.807, 2.05) is 24.3 Å². The first-order valence-electron chi connectivity index (χ1n) is 5.29. The Morgan fingerprint density at radius 3 is 2.80 bits per heavy atom. The van der Waals surface area contributed by atoms with Gasteiger partial charge in [0, 0.05) is 11.0 Å². The molecule has 0 spiro atoms. The maximum absolute atomic E-state index is 5.63. The van der Waals surface area contributed by atoms with Gasteiger partial charge in [-0.1, -0.05) is 28.9 Å². The molecular formula is C12H18BrNO. The number of halogens is 1. The number of hydrogen-bond acceptors (Lipinski definition) is 2. The second-order valence-corrected chi connectivity index (χ2v) is 4.52. The molecule has 1 aromatic carbocycles. The summed E-state index contributed by atoms with van der Waals surface area (Å²) in [5, 5.41) is 0. The van der Waals surface area contributed by atoms with Gasteiger partial charge in [-0.3, -0.25) is 0 Å². The lowest BCUT2D eigenvalue weighted by Gasteiger charge is -2.15. The van der Waals surface area contributed by atoms with Crippen molar-refractivity contribution in [3.8, 4) is 5.75 Å². The summed E-state index contributed by atoms with van der Waals surface area (Å²) in [5.74, 6) is 0.925. The Bertz CT molecular complexity index is 291. The number of nitrogens with zero attached hydrogens (tertiary/aromatic N) is 1. The van der Waals surface area contributed by atoms with Gasteiger partial charge in [-0.15, -0.1) is 0 Å². The molecule has 3 heteroatoms. The van der Waals surface area contributed by atoms with Crippen molar-refractivity contribution in [3.63, 3.8) is 0 Å². The van der Waals surface area contributed by atoms with Crippen molar-refractivity contribution < 1.29 is 4.74 Å². The summed E-state index contributed by atoms with van der Waals surface area (Å²) < 4.78 is 6.69. The molecule has 0 aliphatic heterocycles. The molecule has 0 amide bonds. The Labute approximate surface area is 100 Å². The Morgan fingerprint density at radius 2 is 2.13 bits per heavy atom. The zero-order chi connectivity index (χ0) is 11.1. The van der Waals surface area contributed by atoms with Gasteiger partial charge >= 0.3 is 0 Å². The molecule has 0 aliphatic rings. The van der Waals surface area contributed by atoms with Crippen LogP contribution in [0.1, 0.15) is 13.3 Å². The van der Waals surface area contributed by atoms with Crippen LogP contribution in [-0.2, 0) is 0 Å². The molecule has 84 valence electrons. The lowest BCUT2D eigenvalue weighted by atomic mass is 10.3. The van der Waals surface area contributed by atoms with Crippen LogP contribution < -0.4 is 4.74 Å². The maximum Gasteiger partial charge on any atom is 0.120 e. The first kappa shape index (κ1) is 12.5. The molecule has 0 radical (unpaired) electrons. The second-order valence-electron chi connectivity index (χ2n) is 3.61. The number of benzene rings is 1. The molecule has 0 unspecified atom stereocenters. The minimum Gasteiger partial charge on any atom is -0.492 e. The first-order chi connectivity index (χ1) is 7.22. The molecule has 2 nitrogen and oxygen atoms in total. The predicted octanol–water partition coefficient (Wildman–Crippen LogP) is 3.17. The highest BCUT2D eigenvalue weighted by molar-refractivity contribution is 9.10. The summed E-state index contributed by atoms with van der Waals surface area (Å²) in [5.41, 5.74) is 0. The molecular weight excluding hydrogens is 254 g/mol. The molecule has 0 saturated carbocycles. The highest BCUT2D eigenvalue weighted by atomic mass is 79.9. The summed E-state index contributed by atoms with van der Waals surface area (Å²) in [7, 11) is 2.12. The lowest BCUT2D eigenvalue weighted by molar-refractivity contribution is 0.237. The summed E-state index contributed by atoms with van der Waals surface area (Å²) >= 11 is 3.42. The van der Waals surface area contributed by atoms with E-state index in [4.69, 9.17) is 4.74 Å². The fourth-order valence-corrected chi connectivity index (χ4v) is 1.75. The van der Waals surface area contributed by atoms with Crippen LogP contribution in [0.2, 0.25) is 0 Å². The van der Waals surface area contributed by atoms with Crippen molar-refractivity contribution in [2.75, 3.05) is 26.7 Å². The van der Waals surface area contributed by atoms with E-state index in [0.717, 1.165) is 29.9 Å². The monoisotopic (exact) mass is 271 g/mol. The molecule has 0 heterocycles. The molecule has 0 aliphatic carbocycles. The van der Waals surface area contributed by atoms with Crippen LogP contribution in [0.25, 0.3) is 0 Å². The van der Waals surface area contributed by atoms with Crippen molar-refractivity contribution in [2.24, 2.45) is 0 Å². The minimum absolute atomic E-state index is 0.743. The van der Waals surface area contributed by atoms with Crippen LogP contribution in [0.15, 0.2) is 28.7 Å². The predicted molar refractivity (Wildman–Crippen MR) is 67.4 cm³/mol. The highest BCUT2D eigenvalue weighted by Gasteiger charge is 1.98. The largest absolute Gasteiger partial charge is 0.492 e. The van der Waals surface area contributed by atoms with Crippen molar-refractivity contribution >= 4 is 15.9 Å². The molecule has 1 aromatic rings. The lowest BCUT2D eigenvalue weighted by Crippen LogP contribution is -2.24. The molecule has 0 bridgehead atoms. The van der Waals surface area contributed by atoms with Crippen LogP contribution in [0.5, 0.6) is 5.75 Å². The fourth-order valence-electron chi connectivity index (χ4n) is 1.37. The van der Waals surface area contributed by atoms with Gasteiger partial charge in [-0.05, 0) is 38.2 Å². The molecule has 1 rings (SSSR count). The van der Waals surface area contributed by atoms with Crippen molar-refractivity contribution in [2.45, 2.75) is 13.3 Å². The Morgan fingerprint density at radius 1 is 1.33 bits per heavy atom. The van der Waals surface area contributed by atoms with Gasteiger partial charge in [0.25, 0.3) is 0 Å². The van der Waals surface area contributed by atoms with Crippen LogP contribution in [0.4, 0.5) is 0 Å². The molecule has 0 N–H and O–H groups in total. The zero-order valence-corrected chi connectivity index (χ0v) is 11.0. The zero-order valence-electron chi connectivity index (χ0n) is 9.37. The van der Waals surface area contributed by atoms with E-state index in [-0.39, 0.29) is 0 Å². The van der Waals surface area contributed by atoms with Gasteiger partial charge in [0.05, 0.1) is 0 Å². The van der Waals surface area contributed by atoms with E-state index in [1.54, 1.807) is 0 Å². The third-order valence-corrected chi connectivity index (χ3v) is 2.64. The van der Waals surface area contributed by atoms with Crippen LogP contribution >= 0.6 is 15.9 Å². The molecule has 0 aromatic heterocycles. The van der Waals surface area contributed by atoms with E-state index < -0.39 is 0 Å². The number of rotatable bonds is 6. The third kappa shape index (κ3) is 5.19. The van der Waals surface area contributed by atoms with Gasteiger partial charge in [-0.25, -0.2) is 0 Å². The van der Waals surface area contributed by atoms with Gasteiger partial charge < -0.3 is 9.64 Å². The minimum atomic E-state index is 0.743. The smallest absolute Gasteiger partial charge is 0.120 e. The maximum atomic E-state index is 5.63. The van der Waals surface area contributed by atoms with Crippen molar-refractivity contribution in [3.05, 3.63) is 28.7 Å². The number of ether oxygens (including phenoxy) is 1. The number of likely N-dealkylation sites (N-methyl/N-ethyl adjacent to an activating group) is 1. The Kier molecular flexibility index (Phi) is 5.73. The summed E-state index contributed by atoms with van der Waals surface area (Å²) in [6.07, 6.45) is 1.19. The van der Waals surface area contributed by atoms with Gasteiger partial charge in [-0.2, -0.15) is 0 Å². The van der Waals surface area contributed by atoms with E-state index in [1.165, 1.54) is 6.42 Å². The molecule has 15 heavy (non-hydrogen) atoms. The van der Waals surface area contributed by atoms with E-state index in [9.17, 15) is 0 Å². The average Bonchev–Trinajstić information content (AvgIpc) is 2.18.